The number of benzene rings is 2. The van der Waals surface area contributed by atoms with Crippen molar-refractivity contribution in [1.82, 2.24) is 4.90 Å². The number of likely N-dealkylation sites (tertiary alicyclic amines) is 1. The van der Waals surface area contributed by atoms with E-state index in [1.165, 1.54) is 4.90 Å². The molecule has 1 N–H and O–H groups in total. The number of nitrogens with zero attached hydrogens (tertiary/aromatic N) is 1. The van der Waals surface area contributed by atoms with E-state index in [1.54, 1.807) is 36.4 Å². The summed E-state index contributed by atoms with van der Waals surface area (Å²) >= 11 is 0. The van der Waals surface area contributed by atoms with Gasteiger partial charge in [-0.25, -0.2) is 0 Å². The first kappa shape index (κ1) is 16.9. The van der Waals surface area contributed by atoms with Gasteiger partial charge >= 0.3 is 0 Å². The van der Waals surface area contributed by atoms with E-state index >= 15 is 0 Å². The van der Waals surface area contributed by atoms with Crippen molar-refractivity contribution in [3.8, 4) is 0 Å². The van der Waals surface area contributed by atoms with Crippen LogP contribution < -0.4 is 5.32 Å². The third-order valence-electron chi connectivity index (χ3n) is 4.37. The quantitative estimate of drug-likeness (QED) is 0.690. The van der Waals surface area contributed by atoms with Gasteiger partial charge in [0.05, 0.1) is 0 Å². The molecule has 5 nitrogen and oxygen atoms in total. The first-order chi connectivity index (χ1) is 12.1. The Balaban J connectivity index is 1.72. The molecule has 0 spiro atoms. The van der Waals surface area contributed by atoms with E-state index < -0.39 is 17.7 Å². The van der Waals surface area contributed by atoms with Gasteiger partial charge < -0.3 is 10.2 Å². The lowest BCUT2D eigenvalue weighted by Crippen LogP contribution is -2.46. The zero-order valence-corrected chi connectivity index (χ0v) is 14.1. The van der Waals surface area contributed by atoms with Gasteiger partial charge in [0.2, 0.25) is 11.7 Å². The Hall–Kier alpha value is -2.95. The maximum Gasteiger partial charge on any atom is 0.295 e. The minimum atomic E-state index is -0.616. The predicted molar refractivity (Wildman–Crippen MR) is 95.3 cm³/mol. The third-order valence-corrected chi connectivity index (χ3v) is 4.37. The van der Waals surface area contributed by atoms with Crippen molar-refractivity contribution in [2.45, 2.75) is 25.8 Å². The van der Waals surface area contributed by atoms with Crippen LogP contribution in [0, 0.1) is 6.92 Å². The standard InChI is InChI=1S/C20H20N2O3/c1-14-9-11-15(12-10-14)18(23)20(25)22-13-5-8-17(22)19(24)21-16-6-3-2-4-7-16/h2-4,6-7,9-12,17H,5,8,13H2,1H3,(H,21,24)/t17-/m1/s1. The lowest BCUT2D eigenvalue weighted by molar-refractivity contribution is -0.132. The molecule has 1 aliphatic heterocycles. The van der Waals surface area contributed by atoms with Crippen molar-refractivity contribution in [2.75, 3.05) is 11.9 Å². The van der Waals surface area contributed by atoms with Crippen molar-refractivity contribution < 1.29 is 14.4 Å². The van der Waals surface area contributed by atoms with Crippen molar-refractivity contribution in [3.63, 3.8) is 0 Å². The summed E-state index contributed by atoms with van der Waals surface area (Å²) in [5.74, 6) is -1.44. The summed E-state index contributed by atoms with van der Waals surface area (Å²) in [5.41, 5.74) is 2.05. The lowest BCUT2D eigenvalue weighted by atomic mass is 10.1. The highest BCUT2D eigenvalue weighted by atomic mass is 16.2. The van der Waals surface area contributed by atoms with Crippen molar-refractivity contribution in [2.24, 2.45) is 0 Å². The molecule has 128 valence electrons. The minimum absolute atomic E-state index is 0.256. The summed E-state index contributed by atoms with van der Waals surface area (Å²) in [6, 6.07) is 15.4. The first-order valence-electron chi connectivity index (χ1n) is 8.34. The van der Waals surface area contributed by atoms with Crippen LogP contribution in [-0.2, 0) is 9.59 Å². The molecule has 0 radical (unpaired) electrons. The molecule has 1 heterocycles. The van der Waals surface area contributed by atoms with Crippen LogP contribution in [0.25, 0.3) is 0 Å². The number of para-hydroxylation sites is 1. The number of aryl methyl sites for hydroxylation is 1. The normalized spacial score (nSPS) is 16.5. The summed E-state index contributed by atoms with van der Waals surface area (Å²) in [7, 11) is 0. The molecule has 25 heavy (non-hydrogen) atoms. The second-order valence-electron chi connectivity index (χ2n) is 6.21. The van der Waals surface area contributed by atoms with E-state index in [9.17, 15) is 14.4 Å². The Morgan fingerprint density at radius 1 is 1.00 bits per heavy atom. The Morgan fingerprint density at radius 2 is 1.68 bits per heavy atom. The molecular weight excluding hydrogens is 316 g/mol. The Kier molecular flexibility index (Phi) is 4.93. The average Bonchev–Trinajstić information content (AvgIpc) is 3.12. The van der Waals surface area contributed by atoms with Gasteiger partial charge in [-0.15, -0.1) is 0 Å². The summed E-state index contributed by atoms with van der Waals surface area (Å²) in [6.45, 7) is 2.34. The van der Waals surface area contributed by atoms with E-state index in [1.807, 2.05) is 25.1 Å². The summed E-state index contributed by atoms with van der Waals surface area (Å²) in [5, 5.41) is 2.81. The molecule has 0 aromatic heterocycles. The molecular formula is C20H20N2O3. The van der Waals surface area contributed by atoms with Crippen molar-refractivity contribution in [1.29, 1.82) is 0 Å². The highest BCUT2D eigenvalue weighted by Gasteiger charge is 2.37. The molecule has 2 amide bonds. The van der Waals surface area contributed by atoms with Gasteiger partial charge in [-0.2, -0.15) is 0 Å². The van der Waals surface area contributed by atoms with Crippen LogP contribution in [0.1, 0.15) is 28.8 Å². The van der Waals surface area contributed by atoms with Crippen LogP contribution >= 0.6 is 0 Å². The number of carbonyl (C=O) groups is 3. The number of carbonyl (C=O) groups excluding carboxylic acids is 3. The highest BCUT2D eigenvalue weighted by Crippen LogP contribution is 2.21. The molecule has 1 fully saturated rings. The number of Topliss-reactive ketones (excluding diaryl/α,β-unsaturated/α-hetero) is 1. The highest BCUT2D eigenvalue weighted by molar-refractivity contribution is 6.43. The van der Waals surface area contributed by atoms with Crippen LogP contribution in [-0.4, -0.2) is 35.1 Å². The van der Waals surface area contributed by atoms with Crippen molar-refractivity contribution >= 4 is 23.3 Å². The molecule has 1 saturated heterocycles. The van der Waals surface area contributed by atoms with Crippen LogP contribution in [0.2, 0.25) is 0 Å². The number of anilines is 1. The van der Waals surface area contributed by atoms with Gasteiger partial charge in [-0.1, -0.05) is 48.0 Å². The summed E-state index contributed by atoms with van der Waals surface area (Å²) in [4.78, 5) is 38.9. The van der Waals surface area contributed by atoms with E-state index in [0.717, 1.165) is 5.56 Å². The molecule has 0 bridgehead atoms. The predicted octanol–water partition coefficient (Wildman–Crippen LogP) is 2.81. The Bertz CT molecular complexity index is 784. The maximum atomic E-state index is 12.6. The fourth-order valence-electron chi connectivity index (χ4n) is 2.99. The Labute approximate surface area is 146 Å². The van der Waals surface area contributed by atoms with E-state index in [2.05, 4.69) is 5.32 Å². The molecule has 1 atom stereocenters. The van der Waals surface area contributed by atoms with Gasteiger partial charge in [0.1, 0.15) is 6.04 Å². The molecule has 5 heteroatoms. The van der Waals surface area contributed by atoms with Gasteiger partial charge in [-0.3, -0.25) is 14.4 Å². The number of nitrogens with one attached hydrogen (secondary N) is 1. The van der Waals surface area contributed by atoms with Gasteiger partial charge in [0.15, 0.2) is 0 Å². The number of ketones is 1. The van der Waals surface area contributed by atoms with Gasteiger partial charge in [0, 0.05) is 17.8 Å². The number of hydrogen-bond acceptors (Lipinski definition) is 3. The summed E-state index contributed by atoms with van der Waals surface area (Å²) in [6.07, 6.45) is 1.27. The van der Waals surface area contributed by atoms with Crippen LogP contribution in [0.3, 0.4) is 0 Å². The van der Waals surface area contributed by atoms with Crippen LogP contribution in [0.5, 0.6) is 0 Å². The van der Waals surface area contributed by atoms with E-state index in [0.29, 0.717) is 30.6 Å². The van der Waals surface area contributed by atoms with E-state index in [-0.39, 0.29) is 5.91 Å². The molecule has 1 aliphatic rings. The second-order valence-corrected chi connectivity index (χ2v) is 6.21. The van der Waals surface area contributed by atoms with Crippen molar-refractivity contribution in [3.05, 3.63) is 65.7 Å². The van der Waals surface area contributed by atoms with E-state index in [4.69, 9.17) is 0 Å². The average molecular weight is 336 g/mol. The topological polar surface area (TPSA) is 66.5 Å². The molecule has 3 rings (SSSR count). The monoisotopic (exact) mass is 336 g/mol. The Morgan fingerprint density at radius 3 is 2.36 bits per heavy atom. The molecule has 0 aliphatic carbocycles. The second kappa shape index (κ2) is 7.30. The maximum absolute atomic E-state index is 12.6. The number of hydrogen-bond donors (Lipinski definition) is 1. The zero-order valence-electron chi connectivity index (χ0n) is 14.1. The molecule has 0 unspecified atom stereocenters. The number of amides is 2. The zero-order chi connectivity index (χ0) is 17.8. The molecule has 2 aromatic rings. The fourth-order valence-corrected chi connectivity index (χ4v) is 2.99. The largest absolute Gasteiger partial charge is 0.324 e. The van der Waals surface area contributed by atoms with Gasteiger partial charge in [0.25, 0.3) is 5.91 Å². The van der Waals surface area contributed by atoms with Crippen LogP contribution in [0.15, 0.2) is 54.6 Å². The fraction of sp³-hybridized carbons (Fsp3) is 0.250. The third kappa shape index (κ3) is 3.76. The molecule has 2 aromatic carbocycles. The smallest absolute Gasteiger partial charge is 0.295 e. The lowest BCUT2D eigenvalue weighted by Gasteiger charge is -2.23. The first-order valence-corrected chi connectivity index (χ1v) is 8.34. The van der Waals surface area contributed by atoms with Gasteiger partial charge in [-0.05, 0) is 31.9 Å². The summed E-state index contributed by atoms with van der Waals surface area (Å²) < 4.78 is 0. The SMILES string of the molecule is Cc1ccc(C(=O)C(=O)N2CCC[C@@H]2C(=O)Nc2ccccc2)cc1. The molecule has 0 saturated carbocycles. The number of rotatable bonds is 4. The minimum Gasteiger partial charge on any atom is -0.324 e. The van der Waals surface area contributed by atoms with Crippen LogP contribution in [0.4, 0.5) is 5.69 Å².